The first-order valence-electron chi connectivity index (χ1n) is 11.3. The smallest absolute Gasteiger partial charge is 0.221 e. The van der Waals surface area contributed by atoms with Gasteiger partial charge in [-0.2, -0.15) is 0 Å². The summed E-state index contributed by atoms with van der Waals surface area (Å²) in [6.45, 7) is 3.22. The molecule has 3 saturated heterocycles. The fourth-order valence-corrected chi connectivity index (χ4v) is 5.25. The van der Waals surface area contributed by atoms with Crippen LogP contribution in [-0.2, 0) is 4.79 Å². The molecule has 0 radical (unpaired) electrons. The number of carbonyl (C=O) groups is 1. The second-order valence-electron chi connectivity index (χ2n) is 8.92. The van der Waals surface area contributed by atoms with E-state index in [1.165, 1.54) is 0 Å². The van der Waals surface area contributed by atoms with E-state index in [0.29, 0.717) is 17.0 Å². The van der Waals surface area contributed by atoms with Gasteiger partial charge in [0.2, 0.25) is 5.91 Å². The van der Waals surface area contributed by atoms with Crippen molar-refractivity contribution in [2.75, 3.05) is 26.7 Å². The third-order valence-corrected chi connectivity index (χ3v) is 7.06. The Morgan fingerprint density at radius 1 is 1.19 bits per heavy atom. The molecule has 1 aromatic heterocycles. The molecular formula is C26H29N3O3. The average molecular weight is 432 g/mol. The summed E-state index contributed by atoms with van der Waals surface area (Å²) in [6.07, 6.45) is 4.25. The Bertz CT molecular complexity index is 1110. The lowest BCUT2D eigenvalue weighted by Crippen LogP contribution is -2.57. The van der Waals surface area contributed by atoms with Crippen LogP contribution in [0.1, 0.15) is 36.3 Å². The number of piperidine rings is 3. The molecule has 3 aliphatic rings. The molecule has 3 fully saturated rings. The molecule has 1 amide bonds. The Kier molecular flexibility index (Phi) is 5.70. The highest BCUT2D eigenvalue weighted by Crippen LogP contribution is 2.38. The number of phenolic OH excluding ortho intramolecular Hbond substituents is 1. The molecule has 2 N–H and O–H groups in total. The van der Waals surface area contributed by atoms with Crippen LogP contribution in [0.5, 0.6) is 11.5 Å². The number of hydrogen-bond donors (Lipinski definition) is 2. The van der Waals surface area contributed by atoms with E-state index in [2.05, 4.69) is 15.2 Å². The van der Waals surface area contributed by atoms with E-state index in [9.17, 15) is 9.90 Å². The minimum absolute atomic E-state index is 0.0186. The molecule has 3 aliphatic heterocycles. The summed E-state index contributed by atoms with van der Waals surface area (Å²) in [4.78, 5) is 20.0. The largest absolute Gasteiger partial charge is 0.505 e. The van der Waals surface area contributed by atoms with E-state index in [4.69, 9.17) is 4.74 Å². The van der Waals surface area contributed by atoms with Crippen molar-refractivity contribution in [3.05, 3.63) is 65.9 Å². The van der Waals surface area contributed by atoms with Crippen molar-refractivity contribution in [3.63, 3.8) is 0 Å². The van der Waals surface area contributed by atoms with Gasteiger partial charge in [-0.3, -0.25) is 9.78 Å². The molecule has 6 rings (SSSR count). The van der Waals surface area contributed by atoms with Gasteiger partial charge >= 0.3 is 0 Å². The first-order valence-corrected chi connectivity index (χ1v) is 11.3. The van der Waals surface area contributed by atoms with Gasteiger partial charge in [0, 0.05) is 42.1 Å². The predicted octanol–water partition coefficient (Wildman–Crippen LogP) is 3.68. The lowest BCUT2D eigenvalue weighted by Gasteiger charge is -2.45. The molecule has 0 aliphatic carbocycles. The molecule has 2 atom stereocenters. The Balaban J connectivity index is 1.44. The van der Waals surface area contributed by atoms with E-state index in [1.807, 2.05) is 48.5 Å². The maximum absolute atomic E-state index is 13.2. The molecule has 32 heavy (non-hydrogen) atoms. The number of rotatable bonds is 6. The third-order valence-electron chi connectivity index (χ3n) is 7.06. The van der Waals surface area contributed by atoms with E-state index >= 15 is 0 Å². The van der Waals surface area contributed by atoms with Crippen LogP contribution in [-0.4, -0.2) is 53.7 Å². The number of benzene rings is 2. The summed E-state index contributed by atoms with van der Waals surface area (Å²) in [5.41, 5.74) is 2.23. The summed E-state index contributed by atoms with van der Waals surface area (Å²) in [7, 11) is 1.63. The van der Waals surface area contributed by atoms with Gasteiger partial charge in [-0.25, -0.2) is 0 Å². The molecule has 2 unspecified atom stereocenters. The van der Waals surface area contributed by atoms with Gasteiger partial charge in [0.05, 0.1) is 7.11 Å². The van der Waals surface area contributed by atoms with Crippen LogP contribution in [0, 0.1) is 5.92 Å². The highest BCUT2D eigenvalue weighted by Gasteiger charge is 2.35. The van der Waals surface area contributed by atoms with Gasteiger partial charge in [-0.1, -0.05) is 30.3 Å². The van der Waals surface area contributed by atoms with Crippen LogP contribution in [0.15, 0.2) is 54.7 Å². The van der Waals surface area contributed by atoms with Gasteiger partial charge in [0.1, 0.15) is 17.0 Å². The van der Waals surface area contributed by atoms with Crippen molar-refractivity contribution in [1.82, 2.24) is 15.2 Å². The summed E-state index contributed by atoms with van der Waals surface area (Å²) >= 11 is 0. The number of fused-ring (bicyclic) bond motifs is 4. The number of nitrogens with one attached hydrogen (secondary N) is 1. The molecule has 4 heterocycles. The van der Waals surface area contributed by atoms with Crippen molar-refractivity contribution < 1.29 is 14.6 Å². The van der Waals surface area contributed by atoms with Crippen LogP contribution in [0.3, 0.4) is 0 Å². The maximum atomic E-state index is 13.2. The van der Waals surface area contributed by atoms with Crippen LogP contribution in [0.2, 0.25) is 0 Å². The quantitative estimate of drug-likeness (QED) is 0.623. The lowest BCUT2D eigenvalue weighted by molar-refractivity contribution is -0.123. The fraction of sp³-hybridized carbons (Fsp3) is 0.385. The zero-order valence-electron chi connectivity index (χ0n) is 18.3. The summed E-state index contributed by atoms with van der Waals surface area (Å²) in [5.74, 6) is 1.20. The van der Waals surface area contributed by atoms with E-state index < -0.39 is 0 Å². The number of hydrogen-bond acceptors (Lipinski definition) is 5. The first-order chi connectivity index (χ1) is 15.6. The molecule has 3 aromatic rings. The predicted molar refractivity (Wildman–Crippen MR) is 124 cm³/mol. The lowest BCUT2D eigenvalue weighted by atomic mass is 9.83. The zero-order valence-corrected chi connectivity index (χ0v) is 18.3. The molecule has 166 valence electrons. The molecule has 6 nitrogen and oxygen atoms in total. The van der Waals surface area contributed by atoms with Crippen LogP contribution >= 0.6 is 0 Å². The standard InChI is InChI=1S/C26H29N3O3/c1-32-20-7-4-17(5-8-20)22(21-9-6-19-3-2-12-27-25(19)26(21)31)15-24(30)28-23-16-29-13-10-18(23)11-14-29/h2-9,12,18,22-23,31H,10-11,13-16H2,1H3,(H,28,30). The van der Waals surface area contributed by atoms with Crippen molar-refractivity contribution in [3.8, 4) is 11.5 Å². The van der Waals surface area contributed by atoms with E-state index in [-0.39, 0.29) is 30.0 Å². The van der Waals surface area contributed by atoms with Gasteiger partial charge in [-0.05, 0) is 55.6 Å². The topological polar surface area (TPSA) is 74.7 Å². The van der Waals surface area contributed by atoms with Gasteiger partial charge in [-0.15, -0.1) is 0 Å². The Labute approximate surface area is 188 Å². The number of nitrogens with zero attached hydrogens (tertiary/aromatic N) is 2. The fourth-order valence-electron chi connectivity index (χ4n) is 5.25. The van der Waals surface area contributed by atoms with Gasteiger partial charge in [0.15, 0.2) is 0 Å². The number of methoxy groups -OCH3 is 1. The molecule has 0 spiro atoms. The Morgan fingerprint density at radius 2 is 1.97 bits per heavy atom. The normalized spacial score (nSPS) is 23.1. The Hall–Kier alpha value is -3.12. The van der Waals surface area contributed by atoms with Crippen molar-refractivity contribution in [2.24, 2.45) is 5.92 Å². The number of amides is 1. The zero-order chi connectivity index (χ0) is 22.1. The first kappa shape index (κ1) is 20.8. The molecule has 2 aromatic carbocycles. The number of carbonyl (C=O) groups excluding carboxylic acids is 1. The summed E-state index contributed by atoms with van der Waals surface area (Å²) < 4.78 is 5.30. The van der Waals surface area contributed by atoms with Crippen molar-refractivity contribution in [1.29, 1.82) is 0 Å². The Morgan fingerprint density at radius 3 is 2.66 bits per heavy atom. The monoisotopic (exact) mass is 431 g/mol. The number of phenols is 1. The average Bonchev–Trinajstić information content (AvgIpc) is 2.84. The van der Waals surface area contributed by atoms with Crippen LogP contribution in [0.4, 0.5) is 0 Å². The SMILES string of the molecule is COc1ccc(C(CC(=O)NC2CN3CCC2CC3)c2ccc3cccnc3c2O)cc1. The molecule has 6 heteroatoms. The highest BCUT2D eigenvalue weighted by atomic mass is 16.5. The molecule has 2 bridgehead atoms. The second kappa shape index (κ2) is 8.79. The second-order valence-corrected chi connectivity index (χ2v) is 8.92. The minimum atomic E-state index is -0.284. The van der Waals surface area contributed by atoms with E-state index in [1.54, 1.807) is 13.3 Å². The summed E-state index contributed by atoms with van der Waals surface area (Å²) in [6, 6.07) is 15.6. The maximum Gasteiger partial charge on any atom is 0.221 e. The highest BCUT2D eigenvalue weighted by molar-refractivity contribution is 5.86. The molecule has 0 saturated carbocycles. The number of aromatic hydroxyl groups is 1. The third kappa shape index (κ3) is 4.02. The van der Waals surface area contributed by atoms with Gasteiger partial charge < -0.3 is 20.1 Å². The number of aromatic nitrogens is 1. The van der Waals surface area contributed by atoms with Gasteiger partial charge in [0.25, 0.3) is 0 Å². The molecular weight excluding hydrogens is 402 g/mol. The van der Waals surface area contributed by atoms with E-state index in [0.717, 1.165) is 49.2 Å². The minimum Gasteiger partial charge on any atom is -0.505 e. The summed E-state index contributed by atoms with van der Waals surface area (Å²) in [5, 5.41) is 15.2. The number of pyridine rings is 1. The van der Waals surface area contributed by atoms with Crippen LogP contribution < -0.4 is 10.1 Å². The number of ether oxygens (including phenoxy) is 1. The van der Waals surface area contributed by atoms with Crippen molar-refractivity contribution >= 4 is 16.8 Å². The van der Waals surface area contributed by atoms with Crippen LogP contribution in [0.25, 0.3) is 10.9 Å². The van der Waals surface area contributed by atoms with Crippen molar-refractivity contribution in [2.45, 2.75) is 31.2 Å².